The van der Waals surface area contributed by atoms with Crippen molar-refractivity contribution in [1.82, 2.24) is 0 Å². The Bertz CT molecular complexity index is 701. The molecule has 0 fully saturated rings. The van der Waals surface area contributed by atoms with Crippen molar-refractivity contribution >= 4 is 6.21 Å². The van der Waals surface area contributed by atoms with Crippen molar-refractivity contribution in [2.75, 3.05) is 0 Å². The van der Waals surface area contributed by atoms with Gasteiger partial charge in [0.05, 0.1) is 17.2 Å². The summed E-state index contributed by atoms with van der Waals surface area (Å²) in [6.07, 6.45) is -2.22. The molecule has 1 radical (unpaired) electrons. The number of benzene rings is 2. The SMILES string of the molecule is N#Cc1ccc(CO/N=[C]\c2ccccc2C(F)(F)F)cc1. The van der Waals surface area contributed by atoms with E-state index < -0.39 is 11.7 Å². The molecule has 2 aromatic rings. The minimum Gasteiger partial charge on any atom is -0.390 e. The average Bonchev–Trinajstić information content (AvgIpc) is 2.51. The number of hydrogen-bond acceptors (Lipinski definition) is 3. The van der Waals surface area contributed by atoms with Crippen LogP contribution in [0.3, 0.4) is 0 Å². The molecule has 0 saturated carbocycles. The van der Waals surface area contributed by atoms with E-state index in [0.717, 1.165) is 11.6 Å². The first-order chi connectivity index (χ1) is 10.5. The van der Waals surface area contributed by atoms with E-state index in [1.54, 1.807) is 24.3 Å². The molecule has 2 aromatic carbocycles. The van der Waals surface area contributed by atoms with Gasteiger partial charge in [0.15, 0.2) is 0 Å². The van der Waals surface area contributed by atoms with Gasteiger partial charge in [-0.15, -0.1) is 0 Å². The van der Waals surface area contributed by atoms with Crippen molar-refractivity contribution in [2.45, 2.75) is 12.8 Å². The van der Waals surface area contributed by atoms with Crippen LogP contribution in [0.15, 0.2) is 53.7 Å². The molecule has 0 aliphatic rings. The molecule has 0 heterocycles. The topological polar surface area (TPSA) is 45.4 Å². The fourth-order valence-corrected chi connectivity index (χ4v) is 1.69. The van der Waals surface area contributed by atoms with Crippen LogP contribution in [-0.2, 0) is 17.6 Å². The Balaban J connectivity index is 2.00. The smallest absolute Gasteiger partial charge is 0.390 e. The lowest BCUT2D eigenvalue weighted by Gasteiger charge is -2.08. The molecule has 0 aromatic heterocycles. The standard InChI is InChI=1S/C16H10F3N2O/c17-16(18,19)15-4-2-1-3-14(15)10-21-22-11-13-7-5-12(9-20)6-8-13/h1-8H,11H2. The molecule has 0 bridgehead atoms. The summed E-state index contributed by atoms with van der Waals surface area (Å²) in [6.45, 7) is 0.0763. The van der Waals surface area contributed by atoms with Crippen molar-refractivity contribution in [3.63, 3.8) is 0 Å². The number of alkyl halides is 3. The molecule has 0 N–H and O–H groups in total. The number of nitrogens with zero attached hydrogens (tertiary/aromatic N) is 2. The molecule has 0 spiro atoms. The maximum atomic E-state index is 12.7. The van der Waals surface area contributed by atoms with Crippen LogP contribution in [0, 0.1) is 11.3 Å². The highest BCUT2D eigenvalue weighted by molar-refractivity contribution is 5.81. The second-order valence-corrected chi connectivity index (χ2v) is 4.33. The fourth-order valence-electron chi connectivity index (χ4n) is 1.69. The zero-order chi connectivity index (χ0) is 16.0. The van der Waals surface area contributed by atoms with Crippen molar-refractivity contribution in [3.05, 3.63) is 70.8 Å². The summed E-state index contributed by atoms with van der Waals surface area (Å²) < 4.78 is 38.2. The first kappa shape index (κ1) is 15.6. The summed E-state index contributed by atoms with van der Waals surface area (Å²) >= 11 is 0. The molecular weight excluding hydrogens is 293 g/mol. The monoisotopic (exact) mass is 303 g/mol. The molecule has 22 heavy (non-hydrogen) atoms. The molecule has 0 amide bonds. The van der Waals surface area contributed by atoms with Gasteiger partial charge in [0.25, 0.3) is 0 Å². The number of nitriles is 1. The normalized spacial score (nSPS) is 11.4. The quantitative estimate of drug-likeness (QED) is 0.633. The highest BCUT2D eigenvalue weighted by Gasteiger charge is 2.32. The molecule has 3 nitrogen and oxygen atoms in total. The third-order valence-electron chi connectivity index (χ3n) is 2.78. The van der Waals surface area contributed by atoms with Gasteiger partial charge in [-0.05, 0) is 23.8 Å². The third kappa shape index (κ3) is 4.09. The lowest BCUT2D eigenvalue weighted by atomic mass is 10.1. The summed E-state index contributed by atoms with van der Waals surface area (Å²) in [5.41, 5.74) is 0.252. The predicted molar refractivity (Wildman–Crippen MR) is 73.9 cm³/mol. The lowest BCUT2D eigenvalue weighted by molar-refractivity contribution is -0.137. The summed E-state index contributed by atoms with van der Waals surface area (Å²) in [6, 6.07) is 13.6. The van der Waals surface area contributed by atoms with Gasteiger partial charge in [-0.1, -0.05) is 35.5 Å². The van der Waals surface area contributed by atoms with Gasteiger partial charge in [-0.2, -0.15) is 18.4 Å². The van der Waals surface area contributed by atoms with Crippen LogP contribution in [0.4, 0.5) is 13.2 Å². The van der Waals surface area contributed by atoms with E-state index in [4.69, 9.17) is 10.1 Å². The number of rotatable bonds is 4. The molecule has 2 rings (SSSR count). The van der Waals surface area contributed by atoms with E-state index in [-0.39, 0.29) is 12.2 Å². The third-order valence-corrected chi connectivity index (χ3v) is 2.78. The minimum atomic E-state index is -4.47. The average molecular weight is 303 g/mol. The van der Waals surface area contributed by atoms with Gasteiger partial charge in [0.2, 0.25) is 0 Å². The molecule has 0 aliphatic carbocycles. The summed E-state index contributed by atoms with van der Waals surface area (Å²) in [5.74, 6) is 0. The van der Waals surface area contributed by atoms with E-state index in [9.17, 15) is 13.2 Å². The van der Waals surface area contributed by atoms with E-state index >= 15 is 0 Å². The maximum Gasteiger partial charge on any atom is 0.417 e. The highest BCUT2D eigenvalue weighted by Crippen LogP contribution is 2.31. The highest BCUT2D eigenvalue weighted by atomic mass is 19.4. The van der Waals surface area contributed by atoms with Gasteiger partial charge < -0.3 is 4.84 Å². The molecule has 0 saturated heterocycles. The van der Waals surface area contributed by atoms with Gasteiger partial charge in [-0.3, -0.25) is 0 Å². The Hall–Kier alpha value is -2.81. The van der Waals surface area contributed by atoms with Crippen LogP contribution in [0.5, 0.6) is 0 Å². The van der Waals surface area contributed by atoms with Crippen molar-refractivity contribution in [3.8, 4) is 6.07 Å². The summed E-state index contributed by atoms with van der Waals surface area (Å²) in [4.78, 5) is 4.93. The van der Waals surface area contributed by atoms with E-state index in [2.05, 4.69) is 11.4 Å². The Labute approximate surface area is 125 Å². The minimum absolute atomic E-state index is 0.0763. The summed E-state index contributed by atoms with van der Waals surface area (Å²) in [5, 5.41) is 12.1. The Kier molecular flexibility index (Phi) is 4.79. The van der Waals surface area contributed by atoms with Gasteiger partial charge >= 0.3 is 6.18 Å². The second-order valence-electron chi connectivity index (χ2n) is 4.33. The Morgan fingerprint density at radius 3 is 2.36 bits per heavy atom. The van der Waals surface area contributed by atoms with E-state index in [0.29, 0.717) is 5.56 Å². The molecule has 0 unspecified atom stereocenters. The zero-order valence-electron chi connectivity index (χ0n) is 11.3. The second kappa shape index (κ2) is 6.76. The Morgan fingerprint density at radius 2 is 1.73 bits per heavy atom. The largest absolute Gasteiger partial charge is 0.417 e. The number of halogens is 3. The van der Waals surface area contributed by atoms with Crippen molar-refractivity contribution in [2.24, 2.45) is 5.16 Å². The van der Waals surface area contributed by atoms with Crippen LogP contribution in [0.1, 0.15) is 22.3 Å². The zero-order valence-corrected chi connectivity index (χ0v) is 11.3. The first-order valence-corrected chi connectivity index (χ1v) is 6.24. The van der Waals surface area contributed by atoms with E-state index in [1.807, 2.05) is 6.07 Å². The van der Waals surface area contributed by atoms with Crippen molar-refractivity contribution in [1.29, 1.82) is 5.26 Å². The molecular formula is C16H10F3N2O. The van der Waals surface area contributed by atoms with Crippen LogP contribution in [-0.4, -0.2) is 6.21 Å². The predicted octanol–water partition coefficient (Wildman–Crippen LogP) is 4.00. The first-order valence-electron chi connectivity index (χ1n) is 6.24. The van der Waals surface area contributed by atoms with Crippen LogP contribution >= 0.6 is 0 Å². The van der Waals surface area contributed by atoms with Gasteiger partial charge in [0.1, 0.15) is 12.8 Å². The summed E-state index contributed by atoms with van der Waals surface area (Å²) in [7, 11) is 0. The van der Waals surface area contributed by atoms with E-state index in [1.165, 1.54) is 18.2 Å². The van der Waals surface area contributed by atoms with Crippen LogP contribution < -0.4 is 0 Å². The van der Waals surface area contributed by atoms with Gasteiger partial charge in [0, 0.05) is 5.56 Å². The number of hydrogen-bond donors (Lipinski definition) is 0. The molecule has 0 atom stereocenters. The fraction of sp³-hybridized carbons (Fsp3) is 0.125. The van der Waals surface area contributed by atoms with Gasteiger partial charge in [-0.25, -0.2) is 0 Å². The van der Waals surface area contributed by atoms with Crippen LogP contribution in [0.25, 0.3) is 0 Å². The molecule has 6 heteroatoms. The lowest BCUT2D eigenvalue weighted by Crippen LogP contribution is -2.08. The van der Waals surface area contributed by atoms with Crippen LogP contribution in [0.2, 0.25) is 0 Å². The maximum absolute atomic E-state index is 12.7. The Morgan fingerprint density at radius 1 is 1.05 bits per heavy atom. The van der Waals surface area contributed by atoms with Crippen molar-refractivity contribution < 1.29 is 18.0 Å². The molecule has 0 aliphatic heterocycles. The molecule has 111 valence electrons.